The number of rotatable bonds is 7. The minimum atomic E-state index is 0.0272. The van der Waals surface area contributed by atoms with Crippen molar-refractivity contribution >= 4 is 22.9 Å². The van der Waals surface area contributed by atoms with E-state index in [9.17, 15) is 4.79 Å². The lowest BCUT2D eigenvalue weighted by atomic mass is 9.96. The lowest BCUT2D eigenvalue weighted by Crippen LogP contribution is -2.41. The Morgan fingerprint density at radius 1 is 0.971 bits per heavy atom. The zero-order valence-corrected chi connectivity index (χ0v) is 20.4. The van der Waals surface area contributed by atoms with Gasteiger partial charge < -0.3 is 19.5 Å². The number of methoxy groups -OCH3 is 1. The molecule has 6 nitrogen and oxygen atoms in total. The van der Waals surface area contributed by atoms with Crippen LogP contribution in [0.25, 0.3) is 11.0 Å². The van der Waals surface area contributed by atoms with Gasteiger partial charge in [0.15, 0.2) is 0 Å². The number of ether oxygens (including phenoxy) is 1. The van der Waals surface area contributed by atoms with Crippen LogP contribution in [0.2, 0.25) is 0 Å². The number of carbonyl (C=O) groups excluding carboxylic acids is 1. The molecule has 3 aromatic carbocycles. The van der Waals surface area contributed by atoms with E-state index in [0.717, 1.165) is 60.8 Å². The Balaban J connectivity index is 1.25. The van der Waals surface area contributed by atoms with Gasteiger partial charge in [-0.15, -0.1) is 0 Å². The maximum absolute atomic E-state index is 12.8. The fourth-order valence-corrected chi connectivity index (χ4v) is 4.75. The topological polar surface area (TPSA) is 59.4 Å². The maximum Gasteiger partial charge on any atom is 0.223 e. The molecule has 5 rings (SSSR count). The van der Waals surface area contributed by atoms with Gasteiger partial charge in [-0.1, -0.05) is 54.1 Å². The van der Waals surface area contributed by atoms with Crippen LogP contribution >= 0.6 is 0 Å². The van der Waals surface area contributed by atoms with Gasteiger partial charge in [0.05, 0.1) is 24.7 Å². The Kier molecular flexibility index (Phi) is 6.70. The highest BCUT2D eigenvalue weighted by Gasteiger charge is 2.27. The van der Waals surface area contributed by atoms with Crippen LogP contribution in [-0.4, -0.2) is 35.7 Å². The van der Waals surface area contributed by atoms with Crippen LogP contribution < -0.4 is 15.0 Å². The zero-order valence-electron chi connectivity index (χ0n) is 20.4. The SMILES string of the molecule is COc1ccc(CNC(=O)C2CCN(c3nc4ccccc4n3Cc3ccc(C)cc3)CC2)cc1. The molecule has 6 heteroatoms. The Labute approximate surface area is 206 Å². The average molecular weight is 469 g/mol. The van der Waals surface area contributed by atoms with Crippen molar-refractivity contribution in [1.29, 1.82) is 0 Å². The van der Waals surface area contributed by atoms with E-state index < -0.39 is 0 Å². The number of para-hydroxylation sites is 2. The quantitative estimate of drug-likeness (QED) is 0.418. The van der Waals surface area contributed by atoms with Gasteiger partial charge in [0.2, 0.25) is 11.9 Å². The van der Waals surface area contributed by atoms with E-state index in [1.54, 1.807) is 7.11 Å². The molecule has 0 bridgehead atoms. The normalized spacial score (nSPS) is 14.3. The summed E-state index contributed by atoms with van der Waals surface area (Å²) in [6.07, 6.45) is 1.64. The maximum atomic E-state index is 12.8. The predicted octanol–water partition coefficient (Wildman–Crippen LogP) is 4.93. The van der Waals surface area contributed by atoms with Crippen molar-refractivity contribution in [3.05, 3.63) is 89.5 Å². The van der Waals surface area contributed by atoms with E-state index >= 15 is 0 Å². The number of nitrogens with one attached hydrogen (secondary N) is 1. The van der Waals surface area contributed by atoms with Gasteiger partial charge in [-0.3, -0.25) is 4.79 Å². The van der Waals surface area contributed by atoms with Crippen molar-refractivity contribution in [3.8, 4) is 5.75 Å². The fourth-order valence-electron chi connectivity index (χ4n) is 4.75. The molecule has 1 aromatic heterocycles. The number of hydrogen-bond acceptors (Lipinski definition) is 4. The van der Waals surface area contributed by atoms with Crippen LogP contribution in [0.5, 0.6) is 5.75 Å². The molecule has 0 saturated carbocycles. The highest BCUT2D eigenvalue weighted by Crippen LogP contribution is 2.28. The number of aryl methyl sites for hydroxylation is 1. The molecule has 1 amide bonds. The van der Waals surface area contributed by atoms with Crippen LogP contribution in [0.4, 0.5) is 5.95 Å². The minimum Gasteiger partial charge on any atom is -0.497 e. The van der Waals surface area contributed by atoms with Gasteiger partial charge in [0, 0.05) is 25.6 Å². The Morgan fingerprint density at radius 3 is 2.37 bits per heavy atom. The molecule has 2 heterocycles. The Morgan fingerprint density at radius 2 is 1.66 bits per heavy atom. The molecule has 35 heavy (non-hydrogen) atoms. The van der Waals surface area contributed by atoms with Gasteiger partial charge in [0.25, 0.3) is 0 Å². The number of nitrogens with zero attached hydrogens (tertiary/aromatic N) is 3. The molecule has 1 saturated heterocycles. The second-order valence-electron chi connectivity index (χ2n) is 9.30. The molecule has 1 aliphatic heterocycles. The third kappa shape index (κ3) is 5.16. The molecular formula is C29H32N4O2. The standard InChI is InChI=1S/C29H32N4O2/c1-21-7-9-23(10-8-21)20-33-27-6-4-3-5-26(27)31-29(33)32-17-15-24(16-18-32)28(34)30-19-22-11-13-25(35-2)14-12-22/h3-14,24H,15-20H2,1-2H3,(H,30,34). The third-order valence-corrected chi connectivity index (χ3v) is 6.87. The number of amides is 1. The summed E-state index contributed by atoms with van der Waals surface area (Å²) in [7, 11) is 1.65. The highest BCUT2D eigenvalue weighted by molar-refractivity contribution is 5.80. The predicted molar refractivity (Wildman–Crippen MR) is 140 cm³/mol. The molecule has 0 unspecified atom stereocenters. The van der Waals surface area contributed by atoms with Crippen molar-refractivity contribution in [3.63, 3.8) is 0 Å². The molecule has 0 spiro atoms. The number of piperidine rings is 1. The van der Waals surface area contributed by atoms with E-state index in [1.807, 2.05) is 30.3 Å². The molecule has 0 aliphatic carbocycles. The first-order valence-corrected chi connectivity index (χ1v) is 12.3. The number of anilines is 1. The first-order valence-electron chi connectivity index (χ1n) is 12.3. The summed E-state index contributed by atoms with van der Waals surface area (Å²) in [4.78, 5) is 20.2. The van der Waals surface area contributed by atoms with E-state index in [4.69, 9.17) is 9.72 Å². The van der Waals surface area contributed by atoms with E-state index in [0.29, 0.717) is 6.54 Å². The molecular weight excluding hydrogens is 436 g/mol. The number of benzene rings is 3. The van der Waals surface area contributed by atoms with Crippen LogP contribution in [0, 0.1) is 12.8 Å². The first-order chi connectivity index (χ1) is 17.1. The van der Waals surface area contributed by atoms with Crippen LogP contribution in [-0.2, 0) is 17.9 Å². The summed E-state index contributed by atoms with van der Waals surface area (Å²) in [5.41, 5.74) is 5.74. The fraction of sp³-hybridized carbons (Fsp3) is 0.310. The smallest absolute Gasteiger partial charge is 0.223 e. The summed E-state index contributed by atoms with van der Waals surface area (Å²) in [5.74, 6) is 1.97. The molecule has 180 valence electrons. The van der Waals surface area contributed by atoms with Crippen LogP contribution in [0.1, 0.15) is 29.5 Å². The third-order valence-electron chi connectivity index (χ3n) is 6.87. The molecule has 1 fully saturated rings. The summed E-state index contributed by atoms with van der Waals surface area (Å²) >= 11 is 0. The highest BCUT2D eigenvalue weighted by atomic mass is 16.5. The second kappa shape index (κ2) is 10.2. The lowest BCUT2D eigenvalue weighted by molar-refractivity contribution is -0.125. The Bertz CT molecular complexity index is 1290. The molecule has 0 radical (unpaired) electrons. The molecule has 1 N–H and O–H groups in total. The number of carbonyl (C=O) groups is 1. The summed E-state index contributed by atoms with van der Waals surface area (Å²) < 4.78 is 7.51. The van der Waals surface area contributed by atoms with Gasteiger partial charge in [-0.05, 0) is 55.2 Å². The second-order valence-corrected chi connectivity index (χ2v) is 9.30. The minimum absolute atomic E-state index is 0.0272. The van der Waals surface area contributed by atoms with Crippen molar-refractivity contribution in [2.24, 2.45) is 5.92 Å². The molecule has 1 aliphatic rings. The summed E-state index contributed by atoms with van der Waals surface area (Å²) in [5, 5.41) is 3.11. The van der Waals surface area contributed by atoms with Crippen molar-refractivity contribution in [1.82, 2.24) is 14.9 Å². The number of aromatic nitrogens is 2. The lowest BCUT2D eigenvalue weighted by Gasteiger charge is -2.32. The Hall–Kier alpha value is -3.80. The van der Waals surface area contributed by atoms with E-state index in [2.05, 4.69) is 64.2 Å². The number of hydrogen-bond donors (Lipinski definition) is 1. The van der Waals surface area contributed by atoms with Crippen LogP contribution in [0.15, 0.2) is 72.8 Å². The van der Waals surface area contributed by atoms with E-state index in [-0.39, 0.29) is 11.8 Å². The van der Waals surface area contributed by atoms with Crippen LogP contribution in [0.3, 0.4) is 0 Å². The summed E-state index contributed by atoms with van der Waals surface area (Å²) in [6, 6.07) is 24.8. The van der Waals surface area contributed by atoms with E-state index in [1.165, 1.54) is 11.1 Å². The number of imidazole rings is 1. The van der Waals surface area contributed by atoms with Crippen molar-refractivity contribution in [2.75, 3.05) is 25.1 Å². The molecule has 4 aromatic rings. The van der Waals surface area contributed by atoms with Gasteiger partial charge >= 0.3 is 0 Å². The largest absolute Gasteiger partial charge is 0.497 e. The van der Waals surface area contributed by atoms with Gasteiger partial charge in [-0.2, -0.15) is 0 Å². The van der Waals surface area contributed by atoms with Gasteiger partial charge in [0.1, 0.15) is 5.75 Å². The zero-order chi connectivity index (χ0) is 24.2. The first kappa shape index (κ1) is 23.0. The van der Waals surface area contributed by atoms with Gasteiger partial charge in [-0.25, -0.2) is 4.98 Å². The summed E-state index contributed by atoms with van der Waals surface area (Å²) in [6.45, 7) is 5.06. The van der Waals surface area contributed by atoms with Crippen molar-refractivity contribution in [2.45, 2.75) is 32.9 Å². The number of fused-ring (bicyclic) bond motifs is 1. The average Bonchev–Trinajstić information content (AvgIpc) is 3.27. The van der Waals surface area contributed by atoms with Crippen molar-refractivity contribution < 1.29 is 9.53 Å². The monoisotopic (exact) mass is 468 g/mol. The molecule has 0 atom stereocenters.